The van der Waals surface area contributed by atoms with Crippen LogP contribution in [0.2, 0.25) is 0 Å². The molecule has 2 N–H and O–H groups in total. The fourth-order valence-electron chi connectivity index (χ4n) is 2.28. The monoisotopic (exact) mass is 248 g/mol. The van der Waals surface area contributed by atoms with Crippen LogP contribution >= 0.6 is 0 Å². The summed E-state index contributed by atoms with van der Waals surface area (Å²) in [4.78, 5) is 11.2. The minimum atomic E-state index is -1.98. The van der Waals surface area contributed by atoms with Crippen LogP contribution in [0.25, 0.3) is 6.08 Å². The summed E-state index contributed by atoms with van der Waals surface area (Å²) in [5.41, 5.74) is -1.24. The fraction of sp³-hybridized carbons (Fsp3) is 0.357. The molecule has 0 spiro atoms. The van der Waals surface area contributed by atoms with Crippen molar-refractivity contribution in [3.63, 3.8) is 0 Å². The Morgan fingerprint density at radius 2 is 2.11 bits per heavy atom. The number of hydrogen-bond donors (Lipinski definition) is 2. The zero-order valence-corrected chi connectivity index (χ0v) is 10.4. The van der Waals surface area contributed by atoms with E-state index in [0.717, 1.165) is 11.1 Å². The number of carboxylic acids is 1. The summed E-state index contributed by atoms with van der Waals surface area (Å²) in [6.07, 6.45) is 3.75. The molecule has 0 saturated heterocycles. The molecule has 1 aromatic carbocycles. The first-order valence-electron chi connectivity index (χ1n) is 5.71. The van der Waals surface area contributed by atoms with Gasteiger partial charge in [0.2, 0.25) is 0 Å². The molecule has 4 heteroatoms. The molecular weight excluding hydrogens is 232 g/mol. The molecule has 18 heavy (non-hydrogen) atoms. The molecule has 1 aliphatic rings. The van der Waals surface area contributed by atoms with Crippen LogP contribution in [0.3, 0.4) is 0 Å². The Morgan fingerprint density at radius 1 is 1.44 bits per heavy atom. The molecule has 4 nitrogen and oxygen atoms in total. The lowest BCUT2D eigenvalue weighted by Crippen LogP contribution is -2.59. The average molecular weight is 248 g/mol. The van der Waals surface area contributed by atoms with E-state index in [0.29, 0.717) is 6.42 Å². The van der Waals surface area contributed by atoms with Gasteiger partial charge in [-0.05, 0) is 24.1 Å². The minimum Gasteiger partial charge on any atom is -0.479 e. The van der Waals surface area contributed by atoms with Gasteiger partial charge in [0.15, 0.2) is 5.60 Å². The highest BCUT2D eigenvalue weighted by molar-refractivity contribution is 5.80. The Hall–Kier alpha value is -1.65. The third kappa shape index (κ3) is 1.74. The summed E-state index contributed by atoms with van der Waals surface area (Å²) >= 11 is 0. The molecule has 0 aliphatic heterocycles. The summed E-state index contributed by atoms with van der Waals surface area (Å²) in [5, 5.41) is 19.4. The van der Waals surface area contributed by atoms with Gasteiger partial charge < -0.3 is 14.9 Å². The maximum absolute atomic E-state index is 11.2. The van der Waals surface area contributed by atoms with Crippen molar-refractivity contribution in [1.82, 2.24) is 0 Å². The summed E-state index contributed by atoms with van der Waals surface area (Å²) in [6, 6.07) is 7.65. The van der Waals surface area contributed by atoms with Crippen LogP contribution in [0.15, 0.2) is 30.3 Å². The van der Waals surface area contributed by atoms with Crippen molar-refractivity contribution in [2.75, 3.05) is 7.11 Å². The molecule has 2 unspecified atom stereocenters. The van der Waals surface area contributed by atoms with E-state index in [1.165, 1.54) is 14.0 Å². The first-order valence-corrected chi connectivity index (χ1v) is 5.71. The molecule has 0 fully saturated rings. The number of fused-ring (bicyclic) bond motifs is 1. The molecule has 1 aromatic rings. The second kappa shape index (κ2) is 4.23. The van der Waals surface area contributed by atoms with Crippen LogP contribution in [0.5, 0.6) is 0 Å². The molecule has 0 saturated carbocycles. The van der Waals surface area contributed by atoms with Crippen molar-refractivity contribution in [2.24, 2.45) is 0 Å². The summed E-state index contributed by atoms with van der Waals surface area (Å²) in [6.45, 7) is 1.26. The highest BCUT2D eigenvalue weighted by Crippen LogP contribution is 2.36. The number of aliphatic hydroxyl groups is 1. The van der Waals surface area contributed by atoms with E-state index in [1.54, 1.807) is 12.2 Å². The lowest BCUT2D eigenvalue weighted by Gasteiger charge is -2.41. The summed E-state index contributed by atoms with van der Waals surface area (Å²) < 4.78 is 5.34. The zero-order chi connectivity index (χ0) is 13.4. The Labute approximate surface area is 106 Å². The van der Waals surface area contributed by atoms with Gasteiger partial charge in [0.25, 0.3) is 0 Å². The number of carboxylic acid groups (broad SMARTS) is 1. The first kappa shape index (κ1) is 12.8. The van der Waals surface area contributed by atoms with E-state index in [2.05, 4.69) is 0 Å². The second-order valence-corrected chi connectivity index (χ2v) is 4.68. The molecule has 0 aromatic heterocycles. The maximum atomic E-state index is 11.2. The van der Waals surface area contributed by atoms with Gasteiger partial charge in [0.05, 0.1) is 0 Å². The third-order valence-corrected chi connectivity index (χ3v) is 3.64. The normalized spacial score (nSPS) is 25.3. The lowest BCUT2D eigenvalue weighted by atomic mass is 9.75. The lowest BCUT2D eigenvalue weighted by molar-refractivity contribution is -0.184. The molecule has 0 radical (unpaired) electrons. The van der Waals surface area contributed by atoms with E-state index >= 15 is 0 Å². The predicted molar refractivity (Wildman–Crippen MR) is 67.2 cm³/mol. The standard InChI is InChI=1S/C14H16O4/c1-13(17,12(15)16)14(18-2)8-7-10-5-3-4-6-11(10)9-14/h3-8,17H,9H2,1-2H3,(H,15,16). The Kier molecular flexibility index (Phi) is 3.00. The van der Waals surface area contributed by atoms with E-state index in [1.807, 2.05) is 24.3 Å². The quantitative estimate of drug-likeness (QED) is 0.850. The summed E-state index contributed by atoms with van der Waals surface area (Å²) in [7, 11) is 1.41. The van der Waals surface area contributed by atoms with Crippen LogP contribution < -0.4 is 0 Å². The number of hydrogen-bond acceptors (Lipinski definition) is 3. The number of methoxy groups -OCH3 is 1. The van der Waals surface area contributed by atoms with E-state index in [-0.39, 0.29) is 0 Å². The van der Waals surface area contributed by atoms with Gasteiger partial charge in [-0.1, -0.05) is 30.3 Å². The van der Waals surface area contributed by atoms with E-state index in [9.17, 15) is 15.0 Å². The number of ether oxygens (including phenoxy) is 1. The van der Waals surface area contributed by atoms with Gasteiger partial charge in [0, 0.05) is 13.5 Å². The van der Waals surface area contributed by atoms with Crippen LogP contribution in [0.1, 0.15) is 18.1 Å². The third-order valence-electron chi connectivity index (χ3n) is 3.64. The van der Waals surface area contributed by atoms with Crippen molar-refractivity contribution in [1.29, 1.82) is 0 Å². The van der Waals surface area contributed by atoms with Crippen molar-refractivity contribution >= 4 is 12.0 Å². The number of aliphatic carboxylic acids is 1. The van der Waals surface area contributed by atoms with Crippen LogP contribution in [-0.2, 0) is 16.0 Å². The highest BCUT2D eigenvalue weighted by atomic mass is 16.5. The van der Waals surface area contributed by atoms with Crippen molar-refractivity contribution in [3.05, 3.63) is 41.5 Å². The second-order valence-electron chi connectivity index (χ2n) is 4.68. The number of carbonyl (C=O) groups is 1. The number of rotatable bonds is 3. The smallest absolute Gasteiger partial charge is 0.338 e. The Bertz CT molecular complexity index is 504. The molecular formula is C14H16O4. The zero-order valence-electron chi connectivity index (χ0n) is 10.4. The average Bonchev–Trinajstić information content (AvgIpc) is 2.37. The van der Waals surface area contributed by atoms with Gasteiger partial charge in [-0.25, -0.2) is 4.79 Å². The van der Waals surface area contributed by atoms with Crippen molar-refractivity contribution < 1.29 is 19.7 Å². The van der Waals surface area contributed by atoms with Crippen molar-refractivity contribution in [3.8, 4) is 0 Å². The van der Waals surface area contributed by atoms with Gasteiger partial charge in [-0.2, -0.15) is 0 Å². The molecule has 0 heterocycles. The van der Waals surface area contributed by atoms with Crippen LogP contribution in [0.4, 0.5) is 0 Å². The minimum absolute atomic E-state index is 0.329. The largest absolute Gasteiger partial charge is 0.479 e. The van der Waals surface area contributed by atoms with Gasteiger partial charge in [-0.15, -0.1) is 0 Å². The number of benzene rings is 1. The van der Waals surface area contributed by atoms with E-state index in [4.69, 9.17) is 4.74 Å². The first-order chi connectivity index (χ1) is 8.43. The summed E-state index contributed by atoms with van der Waals surface area (Å²) in [5.74, 6) is -1.30. The fourth-order valence-corrected chi connectivity index (χ4v) is 2.28. The predicted octanol–water partition coefficient (Wildman–Crippen LogP) is 1.48. The van der Waals surface area contributed by atoms with Gasteiger partial charge >= 0.3 is 5.97 Å². The highest BCUT2D eigenvalue weighted by Gasteiger charge is 2.52. The molecule has 96 valence electrons. The Balaban J connectivity index is 2.48. The van der Waals surface area contributed by atoms with E-state index < -0.39 is 17.2 Å². The molecule has 0 bridgehead atoms. The van der Waals surface area contributed by atoms with Gasteiger partial charge in [0.1, 0.15) is 5.60 Å². The maximum Gasteiger partial charge on any atom is 0.338 e. The Morgan fingerprint density at radius 3 is 2.72 bits per heavy atom. The molecule has 2 atom stereocenters. The molecule has 1 aliphatic carbocycles. The van der Waals surface area contributed by atoms with Gasteiger partial charge in [-0.3, -0.25) is 0 Å². The molecule has 2 rings (SSSR count). The van der Waals surface area contributed by atoms with Crippen molar-refractivity contribution in [2.45, 2.75) is 24.5 Å². The molecule has 0 amide bonds. The van der Waals surface area contributed by atoms with Crippen LogP contribution in [-0.4, -0.2) is 34.5 Å². The topological polar surface area (TPSA) is 66.8 Å². The van der Waals surface area contributed by atoms with Crippen LogP contribution in [0, 0.1) is 0 Å². The SMILES string of the molecule is COC1(C(C)(O)C(=O)O)C=Cc2ccccc2C1.